The summed E-state index contributed by atoms with van der Waals surface area (Å²) in [6.45, 7) is 5.55. The summed E-state index contributed by atoms with van der Waals surface area (Å²) < 4.78 is 3.06. The number of carbonyl (C=O) groups excluding carboxylic acids is 1. The van der Waals surface area contributed by atoms with Crippen molar-refractivity contribution in [3.63, 3.8) is 0 Å². The fraction of sp³-hybridized carbons (Fsp3) is 0.182. The molecule has 9 heteroatoms. The summed E-state index contributed by atoms with van der Waals surface area (Å²) >= 11 is 4.49. The molecule has 0 aliphatic rings. The van der Waals surface area contributed by atoms with Gasteiger partial charge in [0.1, 0.15) is 11.5 Å². The molecule has 0 aliphatic heterocycles. The van der Waals surface area contributed by atoms with Crippen LogP contribution in [0.3, 0.4) is 0 Å². The summed E-state index contributed by atoms with van der Waals surface area (Å²) in [6.07, 6.45) is 1.31. The smallest absolute Gasteiger partial charge is 0.449 e. The second-order valence-electron chi connectivity index (χ2n) is 7.23. The number of benzene rings is 2. The summed E-state index contributed by atoms with van der Waals surface area (Å²) in [6, 6.07) is 8.45. The van der Waals surface area contributed by atoms with Crippen LogP contribution in [0.15, 0.2) is 41.7 Å². The molecule has 0 spiro atoms. The Labute approximate surface area is 183 Å². The molecular formula is C22H21N3O5S. The van der Waals surface area contributed by atoms with Gasteiger partial charge in [-0.2, -0.15) is 5.26 Å². The first-order valence-electron chi connectivity index (χ1n) is 9.58. The van der Waals surface area contributed by atoms with Crippen LogP contribution in [0.5, 0.6) is 11.5 Å². The lowest BCUT2D eigenvalue weighted by Gasteiger charge is -2.13. The number of carbonyl (C=O) groups is 1. The molecule has 2 aromatic heterocycles. The van der Waals surface area contributed by atoms with Crippen molar-refractivity contribution in [3.05, 3.63) is 53.3 Å². The van der Waals surface area contributed by atoms with Gasteiger partial charge in [0.25, 0.3) is 0 Å². The van der Waals surface area contributed by atoms with Gasteiger partial charge < -0.3 is 10.2 Å². The van der Waals surface area contributed by atoms with Gasteiger partial charge in [0.15, 0.2) is 5.16 Å². The molecule has 2 heterocycles. The molecule has 31 heavy (non-hydrogen) atoms. The Balaban J connectivity index is 1.94. The second kappa shape index (κ2) is 7.68. The van der Waals surface area contributed by atoms with E-state index in [1.807, 2.05) is 19.9 Å². The molecule has 0 saturated heterocycles. The third-order valence-corrected chi connectivity index (χ3v) is 5.93. The number of thiol groups is 1. The van der Waals surface area contributed by atoms with Gasteiger partial charge in [0, 0.05) is 28.4 Å². The monoisotopic (exact) mass is 439 g/mol. The summed E-state index contributed by atoms with van der Waals surface area (Å²) in [5.74, 6) is -0.0420. The number of phenolic OH excluding ortho intramolecular Hbond substituents is 2. The molecule has 4 rings (SSSR count). The van der Waals surface area contributed by atoms with Gasteiger partial charge in [-0.3, -0.25) is 9.45 Å². The van der Waals surface area contributed by atoms with Crippen molar-refractivity contribution in [2.45, 2.75) is 32.3 Å². The minimum absolute atomic E-state index is 0.0329. The van der Waals surface area contributed by atoms with Crippen LogP contribution >= 0.6 is 12.6 Å². The van der Waals surface area contributed by atoms with Gasteiger partial charge >= 0.3 is 6.09 Å². The van der Waals surface area contributed by atoms with Crippen LogP contribution in [0.25, 0.3) is 27.8 Å². The molecule has 0 radical (unpaired) electrons. The third kappa shape index (κ3) is 3.22. The summed E-state index contributed by atoms with van der Waals surface area (Å²) in [4.78, 5) is 20.2. The molecular weight excluding hydrogens is 418 g/mol. The highest BCUT2D eigenvalue weighted by Crippen LogP contribution is 2.38. The lowest BCUT2D eigenvalue weighted by Crippen LogP contribution is -2.13. The van der Waals surface area contributed by atoms with Crippen molar-refractivity contribution in [1.82, 2.24) is 14.1 Å². The number of fused-ring (bicyclic) bond motifs is 1. The quantitative estimate of drug-likeness (QED) is 0.207. The van der Waals surface area contributed by atoms with Crippen molar-refractivity contribution < 1.29 is 25.2 Å². The van der Waals surface area contributed by atoms with Gasteiger partial charge in [0.2, 0.25) is 0 Å². The molecule has 2 aromatic carbocycles. The number of imidazole rings is 1. The number of hydrogen-bond acceptors (Lipinski definition) is 7. The lowest BCUT2D eigenvalue weighted by molar-refractivity contribution is -0.177. The molecule has 8 nitrogen and oxygen atoms in total. The Morgan fingerprint density at radius 2 is 1.90 bits per heavy atom. The number of hydrogen-bond donors (Lipinski definition) is 4. The predicted molar refractivity (Wildman–Crippen MR) is 118 cm³/mol. The van der Waals surface area contributed by atoms with E-state index in [-0.39, 0.29) is 11.5 Å². The van der Waals surface area contributed by atoms with E-state index in [0.717, 1.165) is 10.9 Å². The van der Waals surface area contributed by atoms with Crippen LogP contribution in [0.2, 0.25) is 0 Å². The van der Waals surface area contributed by atoms with Crippen LogP contribution < -0.4 is 0 Å². The number of phenols is 2. The van der Waals surface area contributed by atoms with E-state index in [4.69, 9.17) is 5.26 Å². The fourth-order valence-corrected chi connectivity index (χ4v) is 4.16. The highest BCUT2D eigenvalue weighted by atomic mass is 32.1. The first-order valence-corrected chi connectivity index (χ1v) is 10.0. The first kappa shape index (κ1) is 20.8. The molecule has 0 unspecified atom stereocenters. The van der Waals surface area contributed by atoms with E-state index in [1.54, 1.807) is 35.9 Å². The molecule has 0 fully saturated rings. The number of nitrogens with zero attached hydrogens (tertiary/aromatic N) is 3. The van der Waals surface area contributed by atoms with Crippen molar-refractivity contribution in [1.29, 1.82) is 0 Å². The zero-order valence-corrected chi connectivity index (χ0v) is 18.0. The Morgan fingerprint density at radius 1 is 1.16 bits per heavy atom. The minimum Gasteiger partial charge on any atom is -0.508 e. The Morgan fingerprint density at radius 3 is 2.58 bits per heavy atom. The van der Waals surface area contributed by atoms with Gasteiger partial charge in [-0.25, -0.2) is 14.3 Å². The van der Waals surface area contributed by atoms with Crippen LogP contribution in [-0.4, -0.2) is 35.7 Å². The molecule has 3 N–H and O–H groups in total. The van der Waals surface area contributed by atoms with Crippen LogP contribution in [0.1, 0.15) is 23.7 Å². The van der Waals surface area contributed by atoms with Crippen molar-refractivity contribution >= 4 is 29.6 Å². The van der Waals surface area contributed by atoms with Gasteiger partial charge in [-0.15, -0.1) is 12.6 Å². The van der Waals surface area contributed by atoms with E-state index in [1.165, 1.54) is 10.6 Å². The van der Waals surface area contributed by atoms with E-state index in [9.17, 15) is 15.0 Å². The van der Waals surface area contributed by atoms with Gasteiger partial charge in [0.05, 0.1) is 17.4 Å². The number of aryl methyl sites for hydroxylation is 2. The van der Waals surface area contributed by atoms with E-state index < -0.39 is 6.09 Å². The highest BCUT2D eigenvalue weighted by Gasteiger charge is 2.21. The predicted octanol–water partition coefficient (Wildman–Crippen LogP) is 4.83. The molecule has 0 amide bonds. The van der Waals surface area contributed by atoms with E-state index in [2.05, 4.69) is 22.5 Å². The van der Waals surface area contributed by atoms with Crippen LogP contribution in [-0.2, 0) is 11.3 Å². The molecule has 160 valence electrons. The second-order valence-corrected chi connectivity index (χ2v) is 7.63. The largest absolute Gasteiger partial charge is 0.508 e. The SMILES string of the molecule is CCc1cc(-c2cnc(S)n2-c2ccc3c(c2)c(C)c(C)n3C(=O)OO)c(O)cc1O. The molecule has 4 aromatic rings. The third-order valence-electron chi connectivity index (χ3n) is 5.62. The normalized spacial score (nSPS) is 11.3. The van der Waals surface area contributed by atoms with Gasteiger partial charge in [-0.05, 0) is 55.7 Å². The maximum Gasteiger partial charge on any atom is 0.449 e. The van der Waals surface area contributed by atoms with E-state index >= 15 is 0 Å². The molecule has 0 bridgehead atoms. The lowest BCUT2D eigenvalue weighted by atomic mass is 10.0. The maximum absolute atomic E-state index is 12.0. The number of aromatic nitrogens is 3. The maximum atomic E-state index is 12.0. The van der Waals surface area contributed by atoms with Crippen molar-refractivity contribution in [2.24, 2.45) is 0 Å². The summed E-state index contributed by atoms with van der Waals surface area (Å²) in [7, 11) is 0. The van der Waals surface area contributed by atoms with Crippen LogP contribution in [0.4, 0.5) is 4.79 Å². The van der Waals surface area contributed by atoms with Gasteiger partial charge in [-0.1, -0.05) is 6.92 Å². The Kier molecular flexibility index (Phi) is 5.16. The average Bonchev–Trinajstić information content (AvgIpc) is 3.25. The highest BCUT2D eigenvalue weighted by molar-refractivity contribution is 7.80. The topological polar surface area (TPSA) is 110 Å². The Hall–Kier alpha value is -3.43. The first-order chi connectivity index (χ1) is 14.8. The summed E-state index contributed by atoms with van der Waals surface area (Å²) in [5, 5.41) is 30.6. The number of rotatable bonds is 3. The standard InChI is InChI=1S/C22H21N3O5S/c1-4-13-7-16(20(27)9-19(13)26)18-10-23-21(31)25(18)14-5-6-17-15(8-14)11(2)12(3)24(17)22(28)30-29/h5-10,26-27,29H,4H2,1-3H3,(H,23,31). The molecule has 0 saturated carbocycles. The average molecular weight is 439 g/mol. The van der Waals surface area contributed by atoms with E-state index in [0.29, 0.717) is 45.3 Å². The zero-order chi connectivity index (χ0) is 22.4. The van der Waals surface area contributed by atoms with Crippen molar-refractivity contribution in [3.8, 4) is 28.4 Å². The minimum atomic E-state index is -0.886. The molecule has 0 atom stereocenters. The van der Waals surface area contributed by atoms with Crippen molar-refractivity contribution in [2.75, 3.05) is 0 Å². The number of aromatic hydroxyl groups is 2. The molecule has 0 aliphatic carbocycles. The van der Waals surface area contributed by atoms with Crippen LogP contribution in [0, 0.1) is 13.8 Å². The zero-order valence-electron chi connectivity index (χ0n) is 17.1. The fourth-order valence-electron chi connectivity index (χ4n) is 3.87. The summed E-state index contributed by atoms with van der Waals surface area (Å²) in [5.41, 5.74) is 4.60. The Bertz CT molecular complexity index is 1340.